The monoisotopic (exact) mass is 505 g/mol. The second kappa shape index (κ2) is 8.09. The molecule has 1 saturated heterocycles. The van der Waals surface area contributed by atoms with Crippen LogP contribution in [0.3, 0.4) is 0 Å². The van der Waals surface area contributed by atoms with E-state index in [1.54, 1.807) is 0 Å². The summed E-state index contributed by atoms with van der Waals surface area (Å²) in [6, 6.07) is 8.05. The maximum atomic E-state index is 13.3. The van der Waals surface area contributed by atoms with E-state index in [1.165, 1.54) is 25.7 Å². The molecule has 7 nitrogen and oxygen atoms in total. The molecule has 2 unspecified atom stereocenters. The van der Waals surface area contributed by atoms with E-state index in [4.69, 9.17) is 4.98 Å². The third-order valence-electron chi connectivity index (χ3n) is 9.62. The van der Waals surface area contributed by atoms with E-state index < -0.39 is 10.8 Å². The molecule has 8 heteroatoms. The molecule has 7 rings (SSSR count). The fraction of sp³-hybridized carbons (Fsp3) is 0.607. The van der Waals surface area contributed by atoms with E-state index in [0.29, 0.717) is 17.3 Å². The number of nitrogens with one attached hydrogen (secondary N) is 1. The summed E-state index contributed by atoms with van der Waals surface area (Å²) < 4.78 is 13.2. The Labute approximate surface area is 215 Å². The summed E-state index contributed by atoms with van der Waals surface area (Å²) in [6.45, 7) is 4.49. The van der Waals surface area contributed by atoms with Crippen LogP contribution in [-0.4, -0.2) is 56.4 Å². The van der Waals surface area contributed by atoms with Crippen molar-refractivity contribution in [1.82, 2.24) is 14.9 Å². The van der Waals surface area contributed by atoms with E-state index >= 15 is 0 Å². The van der Waals surface area contributed by atoms with Crippen LogP contribution in [-0.2, 0) is 21.0 Å². The van der Waals surface area contributed by atoms with Gasteiger partial charge in [0.1, 0.15) is 5.82 Å². The Hall–Kier alpha value is -2.32. The van der Waals surface area contributed by atoms with Crippen LogP contribution in [0.1, 0.15) is 63.9 Å². The van der Waals surface area contributed by atoms with Crippen molar-refractivity contribution >= 4 is 34.2 Å². The molecule has 1 aromatic carbocycles. The Morgan fingerprint density at radius 1 is 1.08 bits per heavy atom. The highest BCUT2D eigenvalue weighted by molar-refractivity contribution is 7.85. The number of hydrogen-bond acceptors (Lipinski definition) is 6. The molecule has 2 spiro atoms. The van der Waals surface area contributed by atoms with Gasteiger partial charge in [-0.3, -0.25) is 13.9 Å². The van der Waals surface area contributed by atoms with E-state index in [2.05, 4.69) is 29.2 Å². The van der Waals surface area contributed by atoms with Crippen LogP contribution in [0.25, 0.3) is 0 Å². The maximum absolute atomic E-state index is 13.3. The number of carbonyl (C=O) groups is 1. The molecule has 0 bridgehead atoms. The van der Waals surface area contributed by atoms with Crippen molar-refractivity contribution in [3.8, 4) is 0 Å². The Kier molecular flexibility index (Phi) is 5.13. The van der Waals surface area contributed by atoms with Gasteiger partial charge < -0.3 is 10.2 Å². The number of piperidine rings is 1. The van der Waals surface area contributed by atoms with Crippen LogP contribution in [0.5, 0.6) is 0 Å². The van der Waals surface area contributed by atoms with Crippen LogP contribution in [0.4, 0.5) is 17.5 Å². The zero-order valence-corrected chi connectivity index (χ0v) is 22.0. The molecule has 0 radical (unpaired) electrons. The summed E-state index contributed by atoms with van der Waals surface area (Å²) in [5.74, 6) is 2.10. The van der Waals surface area contributed by atoms with Crippen LogP contribution < -0.4 is 10.2 Å². The second-order valence-corrected chi connectivity index (χ2v) is 13.8. The van der Waals surface area contributed by atoms with Gasteiger partial charge in [-0.1, -0.05) is 0 Å². The van der Waals surface area contributed by atoms with E-state index in [1.807, 2.05) is 35.4 Å². The zero-order valence-electron chi connectivity index (χ0n) is 21.2. The van der Waals surface area contributed by atoms with Crippen molar-refractivity contribution < 1.29 is 9.00 Å². The first-order valence-corrected chi connectivity index (χ1v) is 14.8. The molecule has 36 heavy (non-hydrogen) atoms. The van der Waals surface area contributed by atoms with Gasteiger partial charge in [0.2, 0.25) is 11.9 Å². The number of carbonyl (C=O) groups excluding carboxylic acids is 1. The summed E-state index contributed by atoms with van der Waals surface area (Å²) in [5.41, 5.74) is 1.93. The minimum Gasteiger partial charge on any atom is -0.324 e. The SMILES string of the molecule is CC(C1CC1)N1C(=O)C2(CC2)c2cnc(Nc3ccc(S(=O)C4CC5(CCN(C)CC5)C4)cc3)nc21. The Bertz CT molecular complexity index is 1220. The molecule has 3 heterocycles. The highest BCUT2D eigenvalue weighted by atomic mass is 32.2. The maximum Gasteiger partial charge on any atom is 0.239 e. The highest BCUT2D eigenvalue weighted by Gasteiger charge is 2.61. The molecule has 1 amide bonds. The van der Waals surface area contributed by atoms with Crippen LogP contribution >= 0.6 is 0 Å². The van der Waals surface area contributed by atoms with Crippen molar-refractivity contribution in [1.29, 1.82) is 0 Å². The molecule has 3 saturated carbocycles. The first-order valence-electron chi connectivity index (χ1n) is 13.5. The molecule has 4 fully saturated rings. The average molecular weight is 506 g/mol. The standard InChI is InChI=1S/C28H35N5O2S/c1-18(19-3-4-19)33-24-23(28(9-10-28)25(33)34)17-29-26(31-24)30-20-5-7-21(8-6-20)36(35)22-15-27(16-22)11-13-32(2)14-12-27/h5-8,17-19,22H,3-4,9-16H2,1-2H3,(H,29,30,31). The van der Waals surface area contributed by atoms with Gasteiger partial charge in [0, 0.05) is 33.6 Å². The van der Waals surface area contributed by atoms with Gasteiger partial charge in [0.25, 0.3) is 0 Å². The third-order valence-corrected chi connectivity index (χ3v) is 11.3. The lowest BCUT2D eigenvalue weighted by Gasteiger charge is -2.51. The predicted octanol–water partition coefficient (Wildman–Crippen LogP) is 4.38. The first kappa shape index (κ1) is 22.8. The smallest absolute Gasteiger partial charge is 0.239 e. The van der Waals surface area contributed by atoms with Crippen molar-refractivity contribution in [2.24, 2.45) is 11.3 Å². The molecule has 3 aliphatic carbocycles. The summed E-state index contributed by atoms with van der Waals surface area (Å²) in [7, 11) is 1.23. The quantitative estimate of drug-likeness (QED) is 0.628. The topological polar surface area (TPSA) is 78.4 Å². The minimum atomic E-state index is -0.964. The first-order chi connectivity index (χ1) is 17.4. The van der Waals surface area contributed by atoms with Crippen LogP contribution in [0.2, 0.25) is 0 Å². The number of amides is 1. The molecule has 1 N–H and O–H groups in total. The fourth-order valence-electron chi connectivity index (χ4n) is 6.72. The number of fused-ring (bicyclic) bond motifs is 2. The fourth-order valence-corrected chi connectivity index (χ4v) is 8.52. The molecule has 5 aliphatic rings. The minimum absolute atomic E-state index is 0.188. The molecule has 1 aromatic heterocycles. The van der Waals surface area contributed by atoms with Gasteiger partial charge in [-0.05, 0) is 114 Å². The lowest BCUT2D eigenvalue weighted by Crippen LogP contribution is -2.49. The number of likely N-dealkylation sites (tertiary alicyclic amines) is 1. The Balaban J connectivity index is 1.04. The van der Waals surface area contributed by atoms with Crippen LogP contribution in [0, 0.1) is 11.3 Å². The normalized spacial score (nSPS) is 26.1. The number of benzene rings is 1. The van der Waals surface area contributed by atoms with Crippen LogP contribution in [0.15, 0.2) is 35.4 Å². The van der Waals surface area contributed by atoms with Crippen molar-refractivity contribution in [3.63, 3.8) is 0 Å². The summed E-state index contributed by atoms with van der Waals surface area (Å²) in [5, 5.41) is 3.59. The van der Waals surface area contributed by atoms with Crippen molar-refractivity contribution in [2.45, 2.75) is 79.9 Å². The Morgan fingerprint density at radius 3 is 2.42 bits per heavy atom. The van der Waals surface area contributed by atoms with Gasteiger partial charge in [0.15, 0.2) is 0 Å². The second-order valence-electron chi connectivity index (χ2n) is 12.0. The number of aromatic nitrogens is 2. The largest absolute Gasteiger partial charge is 0.324 e. The number of nitrogens with zero attached hydrogens (tertiary/aromatic N) is 4. The number of rotatable bonds is 6. The van der Waals surface area contributed by atoms with Crippen molar-refractivity contribution in [3.05, 3.63) is 36.0 Å². The molecule has 2 atom stereocenters. The molecule has 2 aromatic rings. The van der Waals surface area contributed by atoms with E-state index in [9.17, 15) is 9.00 Å². The highest BCUT2D eigenvalue weighted by Crippen LogP contribution is 2.58. The molecular weight excluding hydrogens is 470 g/mol. The summed E-state index contributed by atoms with van der Waals surface area (Å²) >= 11 is 0. The number of hydrogen-bond donors (Lipinski definition) is 1. The van der Waals surface area contributed by atoms with Gasteiger partial charge >= 0.3 is 0 Å². The zero-order chi connectivity index (χ0) is 24.7. The third kappa shape index (κ3) is 3.63. The number of anilines is 3. The van der Waals surface area contributed by atoms with Gasteiger partial charge in [-0.2, -0.15) is 4.98 Å². The molecule has 2 aliphatic heterocycles. The van der Waals surface area contributed by atoms with Crippen molar-refractivity contribution in [2.75, 3.05) is 30.4 Å². The van der Waals surface area contributed by atoms with E-state index in [0.717, 1.165) is 60.7 Å². The van der Waals surface area contributed by atoms with Gasteiger partial charge in [-0.15, -0.1) is 0 Å². The predicted molar refractivity (Wildman–Crippen MR) is 141 cm³/mol. The lowest BCUT2D eigenvalue weighted by atomic mass is 9.63. The summed E-state index contributed by atoms with van der Waals surface area (Å²) in [4.78, 5) is 27.9. The lowest BCUT2D eigenvalue weighted by molar-refractivity contribution is -0.120. The summed E-state index contributed by atoms with van der Waals surface area (Å²) in [6.07, 6.45) is 10.7. The van der Waals surface area contributed by atoms with Gasteiger partial charge in [0.05, 0.1) is 16.2 Å². The van der Waals surface area contributed by atoms with E-state index in [-0.39, 0.29) is 22.6 Å². The van der Waals surface area contributed by atoms with Gasteiger partial charge in [-0.25, -0.2) is 4.98 Å². The Morgan fingerprint density at radius 2 is 1.78 bits per heavy atom. The molecular formula is C28H35N5O2S. The molecule has 190 valence electrons. The average Bonchev–Trinajstić information content (AvgIpc) is 3.78.